The number of benzene rings is 1. The van der Waals surface area contributed by atoms with Crippen LogP contribution in [0.5, 0.6) is 5.75 Å². The van der Waals surface area contributed by atoms with Crippen LogP contribution in [0.15, 0.2) is 34.5 Å². The van der Waals surface area contributed by atoms with Crippen LogP contribution in [-0.4, -0.2) is 26.2 Å². The Kier molecular flexibility index (Phi) is 7.78. The third-order valence-electron chi connectivity index (χ3n) is 5.93. The SMILES string of the molecule is CCc1cc(C(CC)(CC)c2ccc(S(N)(=O)=O)s2)ccc1OCC(O)C(C)(C)C. The summed E-state index contributed by atoms with van der Waals surface area (Å²) in [5, 5.41) is 15.6. The second kappa shape index (κ2) is 9.39. The van der Waals surface area contributed by atoms with Crippen molar-refractivity contribution in [3.63, 3.8) is 0 Å². The van der Waals surface area contributed by atoms with Gasteiger partial charge in [0, 0.05) is 10.3 Å². The molecule has 0 saturated carbocycles. The standard InChI is InChI=1S/C23H35NO4S2/c1-7-16-14-17(10-11-18(16)28-15-19(25)22(4,5)6)23(8-2,9-3)20-12-13-21(29-20)30(24,26)27/h10-14,19,25H,7-9,15H2,1-6H3,(H2,24,26,27). The largest absolute Gasteiger partial charge is 0.491 e. The fraction of sp³-hybridized carbons (Fsp3) is 0.565. The molecule has 0 aliphatic carbocycles. The Bertz CT molecular complexity index is 954. The molecule has 1 heterocycles. The summed E-state index contributed by atoms with van der Waals surface area (Å²) in [5.74, 6) is 0.780. The molecule has 5 nitrogen and oxygen atoms in total. The summed E-state index contributed by atoms with van der Waals surface area (Å²) in [6, 6.07) is 9.66. The molecule has 0 bridgehead atoms. The summed E-state index contributed by atoms with van der Waals surface area (Å²) in [6.07, 6.45) is 1.90. The maximum Gasteiger partial charge on any atom is 0.247 e. The molecular weight excluding hydrogens is 418 g/mol. The van der Waals surface area contributed by atoms with Gasteiger partial charge in [-0.2, -0.15) is 0 Å². The molecule has 0 radical (unpaired) electrons. The lowest BCUT2D eigenvalue weighted by molar-refractivity contribution is 0.0215. The molecule has 30 heavy (non-hydrogen) atoms. The predicted octanol–water partition coefficient (Wildman–Crippen LogP) is 4.85. The van der Waals surface area contributed by atoms with Crippen LogP contribution in [0, 0.1) is 5.41 Å². The molecule has 168 valence electrons. The summed E-state index contributed by atoms with van der Waals surface area (Å²) in [4.78, 5) is 0.996. The number of rotatable bonds is 9. The molecule has 3 N–H and O–H groups in total. The first-order chi connectivity index (χ1) is 13.9. The lowest BCUT2D eigenvalue weighted by Crippen LogP contribution is -2.32. The number of aliphatic hydroxyl groups is 1. The normalized spacial score (nSPS) is 14.0. The maximum absolute atomic E-state index is 11.8. The minimum atomic E-state index is -3.71. The number of hydrogen-bond donors (Lipinski definition) is 2. The first-order valence-corrected chi connectivity index (χ1v) is 12.8. The average Bonchev–Trinajstić information content (AvgIpc) is 3.18. The molecular formula is C23H35NO4S2. The van der Waals surface area contributed by atoms with Gasteiger partial charge in [0.15, 0.2) is 0 Å². The predicted molar refractivity (Wildman–Crippen MR) is 124 cm³/mol. The Balaban J connectivity index is 2.43. The average molecular weight is 454 g/mol. The van der Waals surface area contributed by atoms with Gasteiger partial charge in [-0.15, -0.1) is 11.3 Å². The fourth-order valence-corrected chi connectivity index (χ4v) is 5.67. The van der Waals surface area contributed by atoms with Crippen LogP contribution >= 0.6 is 11.3 Å². The van der Waals surface area contributed by atoms with E-state index in [1.807, 2.05) is 32.9 Å². The van der Waals surface area contributed by atoms with Crippen LogP contribution in [0.4, 0.5) is 0 Å². The van der Waals surface area contributed by atoms with Crippen LogP contribution in [-0.2, 0) is 21.9 Å². The lowest BCUT2D eigenvalue weighted by Gasteiger charge is -2.32. The molecule has 0 aliphatic heterocycles. The number of hydrogen-bond acceptors (Lipinski definition) is 5. The van der Waals surface area contributed by atoms with Crippen molar-refractivity contribution in [3.8, 4) is 5.75 Å². The van der Waals surface area contributed by atoms with Gasteiger partial charge in [0.05, 0.1) is 6.10 Å². The Morgan fingerprint density at radius 2 is 1.73 bits per heavy atom. The maximum atomic E-state index is 11.8. The molecule has 2 rings (SSSR count). The number of aliphatic hydroxyl groups excluding tert-OH is 1. The number of nitrogens with two attached hydrogens (primary N) is 1. The van der Waals surface area contributed by atoms with E-state index in [9.17, 15) is 13.5 Å². The number of sulfonamides is 1. The molecule has 0 saturated heterocycles. The number of ether oxygens (including phenoxy) is 1. The summed E-state index contributed by atoms with van der Waals surface area (Å²) in [6.45, 7) is 12.5. The molecule has 2 aromatic rings. The van der Waals surface area contributed by atoms with Crippen molar-refractivity contribution in [1.82, 2.24) is 0 Å². The van der Waals surface area contributed by atoms with E-state index in [0.717, 1.165) is 41.0 Å². The van der Waals surface area contributed by atoms with Gasteiger partial charge in [-0.3, -0.25) is 0 Å². The molecule has 0 spiro atoms. The monoisotopic (exact) mass is 453 g/mol. The van der Waals surface area contributed by atoms with Crippen LogP contribution in [0.1, 0.15) is 70.4 Å². The highest BCUT2D eigenvalue weighted by Gasteiger charge is 2.34. The smallest absolute Gasteiger partial charge is 0.247 e. The van der Waals surface area contributed by atoms with E-state index in [-0.39, 0.29) is 21.6 Å². The van der Waals surface area contributed by atoms with Gasteiger partial charge in [-0.05, 0) is 54.0 Å². The van der Waals surface area contributed by atoms with E-state index in [1.54, 1.807) is 6.07 Å². The highest BCUT2D eigenvalue weighted by atomic mass is 32.2. The molecule has 0 amide bonds. The van der Waals surface area contributed by atoms with Crippen LogP contribution in [0.2, 0.25) is 0 Å². The highest BCUT2D eigenvalue weighted by molar-refractivity contribution is 7.91. The number of primary sulfonamides is 1. The fourth-order valence-electron chi connectivity index (χ4n) is 3.59. The van der Waals surface area contributed by atoms with Gasteiger partial charge in [0.2, 0.25) is 10.0 Å². The van der Waals surface area contributed by atoms with Crippen molar-refractivity contribution < 1.29 is 18.3 Å². The quantitative estimate of drug-likeness (QED) is 0.568. The van der Waals surface area contributed by atoms with Crippen molar-refractivity contribution in [1.29, 1.82) is 0 Å². The van der Waals surface area contributed by atoms with E-state index in [4.69, 9.17) is 9.88 Å². The van der Waals surface area contributed by atoms with Crippen LogP contribution in [0.3, 0.4) is 0 Å². The zero-order chi connectivity index (χ0) is 22.7. The molecule has 1 atom stereocenters. The summed E-state index contributed by atoms with van der Waals surface area (Å²) >= 11 is 1.25. The number of aryl methyl sites for hydroxylation is 1. The third-order valence-corrected chi connectivity index (χ3v) is 8.66. The van der Waals surface area contributed by atoms with Crippen molar-refractivity contribution >= 4 is 21.4 Å². The van der Waals surface area contributed by atoms with Gasteiger partial charge < -0.3 is 9.84 Å². The minimum absolute atomic E-state index is 0.190. The molecule has 7 heteroatoms. The second-order valence-electron chi connectivity index (χ2n) is 8.82. The molecule has 0 fully saturated rings. The Hall–Kier alpha value is -1.41. The molecule has 1 unspecified atom stereocenters. The van der Waals surface area contributed by atoms with Gasteiger partial charge in [0.1, 0.15) is 16.6 Å². The zero-order valence-corrected chi connectivity index (χ0v) is 20.5. The van der Waals surface area contributed by atoms with Gasteiger partial charge in [-0.25, -0.2) is 13.6 Å². The van der Waals surface area contributed by atoms with Crippen LogP contribution < -0.4 is 9.88 Å². The molecule has 0 aliphatic rings. The summed E-state index contributed by atoms with van der Waals surface area (Å²) in [5.41, 5.74) is 1.67. The van der Waals surface area contributed by atoms with E-state index < -0.39 is 16.1 Å². The molecule has 1 aromatic carbocycles. The lowest BCUT2D eigenvalue weighted by atomic mass is 9.74. The van der Waals surface area contributed by atoms with Gasteiger partial charge in [-0.1, -0.05) is 53.7 Å². The Morgan fingerprint density at radius 1 is 1.10 bits per heavy atom. The van der Waals surface area contributed by atoms with Crippen molar-refractivity contribution in [2.75, 3.05) is 6.61 Å². The first kappa shape index (κ1) is 24.9. The Labute approximate surface area is 185 Å². The van der Waals surface area contributed by atoms with Gasteiger partial charge in [0.25, 0.3) is 0 Å². The van der Waals surface area contributed by atoms with Crippen molar-refractivity contribution in [3.05, 3.63) is 46.3 Å². The number of thiophene rings is 1. The minimum Gasteiger partial charge on any atom is -0.491 e. The van der Waals surface area contributed by atoms with Gasteiger partial charge >= 0.3 is 0 Å². The van der Waals surface area contributed by atoms with Crippen molar-refractivity contribution in [2.24, 2.45) is 10.6 Å². The third kappa shape index (κ3) is 5.25. The van der Waals surface area contributed by atoms with E-state index >= 15 is 0 Å². The highest BCUT2D eigenvalue weighted by Crippen LogP contribution is 2.44. The van der Waals surface area contributed by atoms with E-state index in [2.05, 4.69) is 32.9 Å². The first-order valence-electron chi connectivity index (χ1n) is 10.5. The Morgan fingerprint density at radius 3 is 2.20 bits per heavy atom. The van der Waals surface area contributed by atoms with E-state index in [1.165, 1.54) is 11.3 Å². The van der Waals surface area contributed by atoms with Crippen LogP contribution in [0.25, 0.3) is 0 Å². The summed E-state index contributed by atoms with van der Waals surface area (Å²) < 4.78 is 29.7. The molecule has 1 aromatic heterocycles. The summed E-state index contributed by atoms with van der Waals surface area (Å²) in [7, 11) is -3.71. The zero-order valence-electron chi connectivity index (χ0n) is 18.9. The second-order valence-corrected chi connectivity index (χ2v) is 11.7. The van der Waals surface area contributed by atoms with E-state index in [0.29, 0.717) is 0 Å². The van der Waals surface area contributed by atoms with Crippen molar-refractivity contribution in [2.45, 2.75) is 76.5 Å². The topological polar surface area (TPSA) is 89.6 Å².